The third-order valence-corrected chi connectivity index (χ3v) is 6.43. The molecule has 5 aromatic rings. The first kappa shape index (κ1) is 28.0. The maximum atomic E-state index is 12.8. The number of carbonyl (C=O) groups excluding carboxylic acids is 1. The number of imidazole rings is 2. The molecule has 0 aliphatic heterocycles. The van der Waals surface area contributed by atoms with Gasteiger partial charge < -0.3 is 24.3 Å². The molecular weight excluding hydrogens is 537 g/mol. The predicted octanol–water partition coefficient (Wildman–Crippen LogP) is 6.68. The van der Waals surface area contributed by atoms with Crippen LogP contribution in [0.4, 0.5) is 0 Å². The van der Waals surface area contributed by atoms with Crippen molar-refractivity contribution in [1.82, 2.24) is 24.8 Å². The summed E-state index contributed by atoms with van der Waals surface area (Å²) in [4.78, 5) is 24.7. The molecular formula is C29H29Cl2N5O3. The minimum atomic E-state index is -0.200. The fourth-order valence-electron chi connectivity index (χ4n) is 3.88. The summed E-state index contributed by atoms with van der Waals surface area (Å²) in [5, 5.41) is 3.99. The van der Waals surface area contributed by atoms with E-state index in [-0.39, 0.29) is 26.5 Å². The molecule has 1 amide bonds. The summed E-state index contributed by atoms with van der Waals surface area (Å²) in [6, 6.07) is 18.1. The molecule has 0 radical (unpaired) electrons. The van der Waals surface area contributed by atoms with Gasteiger partial charge >= 0.3 is 0 Å². The van der Waals surface area contributed by atoms with Crippen LogP contribution in [0.3, 0.4) is 0 Å². The molecule has 5 rings (SSSR count). The molecule has 0 atom stereocenters. The zero-order valence-electron chi connectivity index (χ0n) is 20.4. The Balaban J connectivity index is 0.00000353. The highest BCUT2D eigenvalue weighted by molar-refractivity contribution is 6.35. The van der Waals surface area contributed by atoms with Gasteiger partial charge in [0.05, 0.1) is 17.4 Å². The minimum Gasteiger partial charge on any atom is -0.485 e. The lowest BCUT2D eigenvalue weighted by Gasteiger charge is -2.15. The van der Waals surface area contributed by atoms with Gasteiger partial charge in [0, 0.05) is 46.7 Å². The number of amides is 1. The van der Waals surface area contributed by atoms with Crippen molar-refractivity contribution in [2.45, 2.75) is 33.6 Å². The largest absolute Gasteiger partial charge is 0.485 e. The van der Waals surface area contributed by atoms with Gasteiger partial charge in [-0.3, -0.25) is 4.79 Å². The van der Waals surface area contributed by atoms with Crippen LogP contribution in [0.5, 0.6) is 11.5 Å². The zero-order valence-corrected chi connectivity index (χ0v) is 21.9. The number of hydrogen-bond acceptors (Lipinski definition) is 5. The number of aromatic amines is 1. The first-order valence-electron chi connectivity index (χ1n) is 12.1. The van der Waals surface area contributed by atoms with E-state index >= 15 is 0 Å². The summed E-state index contributed by atoms with van der Waals surface area (Å²) in [6.07, 6.45) is 6.15. The average molecular weight is 566 g/mol. The molecule has 0 saturated heterocycles. The Kier molecular flexibility index (Phi) is 9.46. The van der Waals surface area contributed by atoms with E-state index in [2.05, 4.69) is 20.3 Å². The second-order valence-electron chi connectivity index (χ2n) is 8.59. The van der Waals surface area contributed by atoms with Crippen LogP contribution in [0.15, 0.2) is 79.4 Å². The van der Waals surface area contributed by atoms with Crippen LogP contribution in [0.25, 0.3) is 11.0 Å². The number of rotatable bonds is 11. The van der Waals surface area contributed by atoms with Crippen molar-refractivity contribution < 1.29 is 14.3 Å². The Morgan fingerprint density at radius 3 is 2.64 bits per heavy atom. The lowest BCUT2D eigenvalue weighted by atomic mass is 10.2. The van der Waals surface area contributed by atoms with Gasteiger partial charge in [-0.25, -0.2) is 9.97 Å². The first-order chi connectivity index (χ1) is 18.5. The first-order valence-corrected chi connectivity index (χ1v) is 12.8. The molecule has 0 saturated carbocycles. The molecule has 0 aliphatic carbocycles. The number of nitrogens with zero attached hydrogens (tertiary/aromatic N) is 3. The van der Waals surface area contributed by atoms with Crippen LogP contribution < -0.4 is 14.8 Å². The van der Waals surface area contributed by atoms with Crippen LogP contribution in [0.2, 0.25) is 10.0 Å². The van der Waals surface area contributed by atoms with E-state index < -0.39 is 0 Å². The number of carbonyl (C=O) groups is 1. The SMILES string of the molecule is C.O=C(NCCCn1ccnc1)c1ccc(OCc2nc3ccccc3[nH]2)c(OCc2ccc(Cl)cc2Cl)c1. The molecule has 39 heavy (non-hydrogen) atoms. The monoisotopic (exact) mass is 565 g/mol. The van der Waals surface area contributed by atoms with Gasteiger partial charge in [0.15, 0.2) is 11.5 Å². The highest BCUT2D eigenvalue weighted by atomic mass is 35.5. The van der Waals surface area contributed by atoms with Crippen molar-refractivity contribution in [3.63, 3.8) is 0 Å². The molecule has 0 fully saturated rings. The van der Waals surface area contributed by atoms with E-state index in [1.807, 2.05) is 35.0 Å². The Morgan fingerprint density at radius 2 is 1.85 bits per heavy atom. The van der Waals surface area contributed by atoms with Crippen LogP contribution in [0.1, 0.15) is 35.6 Å². The van der Waals surface area contributed by atoms with E-state index in [9.17, 15) is 4.79 Å². The number of H-pyrrole nitrogens is 1. The summed E-state index contributed by atoms with van der Waals surface area (Å²) in [5.74, 6) is 1.37. The second kappa shape index (κ2) is 13.2. The number of fused-ring (bicyclic) bond motifs is 1. The van der Waals surface area contributed by atoms with Gasteiger partial charge in [0.1, 0.15) is 19.0 Å². The van der Waals surface area contributed by atoms with E-state index in [0.29, 0.717) is 39.5 Å². The van der Waals surface area contributed by atoms with Crippen molar-refractivity contribution in [3.8, 4) is 11.5 Å². The summed E-state index contributed by atoms with van der Waals surface area (Å²) in [7, 11) is 0. The van der Waals surface area contributed by atoms with Gasteiger partial charge in [-0.1, -0.05) is 48.8 Å². The third-order valence-electron chi connectivity index (χ3n) is 5.84. The van der Waals surface area contributed by atoms with Gasteiger partial charge in [-0.2, -0.15) is 0 Å². The summed E-state index contributed by atoms with van der Waals surface area (Å²) >= 11 is 12.3. The Morgan fingerprint density at radius 1 is 1.00 bits per heavy atom. The molecule has 202 valence electrons. The van der Waals surface area contributed by atoms with E-state index in [4.69, 9.17) is 32.7 Å². The summed E-state index contributed by atoms with van der Waals surface area (Å²) < 4.78 is 14.1. The smallest absolute Gasteiger partial charge is 0.251 e. The van der Waals surface area contributed by atoms with Crippen molar-refractivity contribution in [2.24, 2.45) is 0 Å². The van der Waals surface area contributed by atoms with Crippen molar-refractivity contribution in [2.75, 3.05) is 6.54 Å². The third kappa shape index (κ3) is 7.31. The van der Waals surface area contributed by atoms with Gasteiger partial charge in [-0.15, -0.1) is 0 Å². The number of nitrogens with one attached hydrogen (secondary N) is 2. The molecule has 2 heterocycles. The second-order valence-corrected chi connectivity index (χ2v) is 9.43. The molecule has 2 N–H and O–H groups in total. The highest BCUT2D eigenvalue weighted by Gasteiger charge is 2.14. The Bertz CT molecular complexity index is 1500. The topological polar surface area (TPSA) is 94.1 Å². The van der Waals surface area contributed by atoms with Gasteiger partial charge in [0.25, 0.3) is 5.91 Å². The zero-order chi connectivity index (χ0) is 26.3. The highest BCUT2D eigenvalue weighted by Crippen LogP contribution is 2.31. The molecule has 3 aromatic carbocycles. The Labute approximate surface area is 236 Å². The van der Waals surface area contributed by atoms with E-state index in [1.54, 1.807) is 48.9 Å². The summed E-state index contributed by atoms with van der Waals surface area (Å²) in [6.45, 7) is 1.67. The average Bonchev–Trinajstić information content (AvgIpc) is 3.59. The van der Waals surface area contributed by atoms with E-state index in [1.165, 1.54) is 0 Å². The quantitative estimate of drug-likeness (QED) is 0.174. The van der Waals surface area contributed by atoms with Crippen molar-refractivity contribution in [1.29, 1.82) is 0 Å². The van der Waals surface area contributed by atoms with Crippen LogP contribution in [-0.4, -0.2) is 32.0 Å². The van der Waals surface area contributed by atoms with Crippen LogP contribution >= 0.6 is 23.2 Å². The van der Waals surface area contributed by atoms with Crippen LogP contribution in [0, 0.1) is 0 Å². The molecule has 0 aliphatic rings. The summed E-state index contributed by atoms with van der Waals surface area (Å²) in [5.41, 5.74) is 3.01. The molecule has 0 unspecified atom stereocenters. The normalized spacial score (nSPS) is 10.7. The number of hydrogen-bond donors (Lipinski definition) is 2. The van der Waals surface area contributed by atoms with Gasteiger partial charge in [0.2, 0.25) is 0 Å². The number of aryl methyl sites for hydroxylation is 1. The number of halogens is 2. The van der Waals surface area contributed by atoms with E-state index in [0.717, 1.165) is 29.6 Å². The van der Waals surface area contributed by atoms with Crippen LogP contribution in [-0.2, 0) is 19.8 Å². The molecule has 8 nitrogen and oxygen atoms in total. The molecule has 0 spiro atoms. The fraction of sp³-hybridized carbons (Fsp3) is 0.207. The molecule has 10 heteroatoms. The fourth-order valence-corrected chi connectivity index (χ4v) is 4.34. The minimum absolute atomic E-state index is 0. The molecule has 0 bridgehead atoms. The lowest BCUT2D eigenvalue weighted by Crippen LogP contribution is -2.25. The standard InChI is InChI=1S/C28H25Cl2N5O3.CH4/c29-21-8-6-20(22(30)15-21)16-37-26-14-19(28(36)32-10-3-12-35-13-11-31-18-35)7-9-25(26)38-17-27-33-23-4-1-2-5-24(23)34-27;/h1-2,4-9,11,13-15,18H,3,10,12,16-17H2,(H,32,36)(H,33,34);1H4. The number of aromatic nitrogens is 4. The maximum absolute atomic E-state index is 12.8. The number of para-hydroxylation sites is 2. The van der Waals surface area contributed by atoms with Crippen molar-refractivity contribution in [3.05, 3.63) is 106 Å². The van der Waals surface area contributed by atoms with Crippen molar-refractivity contribution >= 4 is 40.1 Å². The maximum Gasteiger partial charge on any atom is 0.251 e. The van der Waals surface area contributed by atoms with Gasteiger partial charge in [-0.05, 0) is 48.9 Å². The Hall–Kier alpha value is -4.01. The number of ether oxygens (including phenoxy) is 2. The number of benzene rings is 3. The molecule has 2 aromatic heterocycles. The predicted molar refractivity (Wildman–Crippen MR) is 154 cm³/mol. The lowest BCUT2D eigenvalue weighted by molar-refractivity contribution is 0.0952.